The van der Waals surface area contributed by atoms with Gasteiger partial charge in [0.2, 0.25) is 0 Å². The highest BCUT2D eigenvalue weighted by Crippen LogP contribution is 2.21. The fourth-order valence-corrected chi connectivity index (χ4v) is 1.71. The molecule has 0 saturated carbocycles. The molecule has 0 radical (unpaired) electrons. The van der Waals surface area contributed by atoms with Gasteiger partial charge in [-0.25, -0.2) is 0 Å². The van der Waals surface area contributed by atoms with E-state index in [1.165, 1.54) is 0 Å². The minimum atomic E-state index is 0.523. The lowest BCUT2D eigenvalue weighted by Gasteiger charge is -2.03. The number of hydrogen-bond acceptors (Lipinski definition) is 2. The number of nitrogens with zero attached hydrogens (tertiary/aromatic N) is 2. The summed E-state index contributed by atoms with van der Waals surface area (Å²) in [6.07, 6.45) is 4.69. The fraction of sp³-hybridized carbons (Fsp3) is 0.308. The quantitative estimate of drug-likeness (QED) is 0.755. The van der Waals surface area contributed by atoms with E-state index < -0.39 is 0 Å². The van der Waals surface area contributed by atoms with Gasteiger partial charge in [-0.15, -0.1) is 11.6 Å². The fourth-order valence-electron chi connectivity index (χ4n) is 1.53. The first-order valence-corrected chi connectivity index (χ1v) is 6.20. The molecule has 0 aliphatic heterocycles. The van der Waals surface area contributed by atoms with Crippen LogP contribution in [-0.4, -0.2) is 9.78 Å². The molecule has 0 unspecified atom stereocenters. The van der Waals surface area contributed by atoms with Gasteiger partial charge in [0.25, 0.3) is 0 Å². The highest BCUT2D eigenvalue weighted by molar-refractivity contribution is 6.17. The number of alkyl halides is 1. The largest absolute Gasteiger partial charge is 0.454 e. The second-order valence-electron chi connectivity index (χ2n) is 3.82. The van der Waals surface area contributed by atoms with Crippen LogP contribution in [0.25, 0.3) is 0 Å². The first-order chi connectivity index (χ1) is 8.31. The first-order valence-electron chi connectivity index (χ1n) is 5.67. The van der Waals surface area contributed by atoms with Crippen molar-refractivity contribution < 1.29 is 4.74 Å². The van der Waals surface area contributed by atoms with Crippen LogP contribution < -0.4 is 4.74 Å². The number of hydrogen-bond donors (Lipinski definition) is 0. The Kier molecular flexibility index (Phi) is 4.04. The van der Waals surface area contributed by atoms with Crippen LogP contribution in [0.15, 0.2) is 36.7 Å². The van der Waals surface area contributed by atoms with Gasteiger partial charge in [0.05, 0.1) is 12.4 Å². The third-order valence-electron chi connectivity index (χ3n) is 2.38. The lowest BCUT2D eigenvalue weighted by atomic mass is 10.2. The Morgan fingerprint density at radius 1 is 1.24 bits per heavy atom. The second-order valence-corrected chi connectivity index (χ2v) is 4.09. The Bertz CT molecular complexity index is 465. The molecule has 90 valence electrons. The van der Waals surface area contributed by atoms with Crippen LogP contribution >= 0.6 is 11.6 Å². The highest BCUT2D eigenvalue weighted by atomic mass is 35.5. The molecule has 1 heterocycles. The van der Waals surface area contributed by atoms with E-state index in [-0.39, 0.29) is 0 Å². The number of aromatic nitrogens is 2. The number of aryl methyl sites for hydroxylation is 1. The second kappa shape index (κ2) is 5.73. The molecule has 0 amide bonds. The van der Waals surface area contributed by atoms with E-state index in [1.54, 1.807) is 6.20 Å². The predicted molar refractivity (Wildman–Crippen MR) is 68.6 cm³/mol. The third kappa shape index (κ3) is 3.24. The van der Waals surface area contributed by atoms with Gasteiger partial charge in [-0.2, -0.15) is 5.10 Å². The van der Waals surface area contributed by atoms with Gasteiger partial charge >= 0.3 is 0 Å². The SMILES string of the molecule is CCCn1cc(Oc2ccc(CCl)cc2)cn1. The van der Waals surface area contributed by atoms with Crippen LogP contribution in [0.4, 0.5) is 0 Å². The Morgan fingerprint density at radius 3 is 2.65 bits per heavy atom. The van der Waals surface area contributed by atoms with E-state index in [0.29, 0.717) is 5.88 Å². The Labute approximate surface area is 106 Å². The number of benzene rings is 1. The molecular weight excluding hydrogens is 236 g/mol. The highest BCUT2D eigenvalue weighted by Gasteiger charge is 2.01. The summed E-state index contributed by atoms with van der Waals surface area (Å²) < 4.78 is 7.56. The van der Waals surface area contributed by atoms with Crippen molar-refractivity contribution >= 4 is 11.6 Å². The van der Waals surface area contributed by atoms with Crippen LogP contribution in [0.5, 0.6) is 11.5 Å². The first kappa shape index (κ1) is 12.0. The van der Waals surface area contributed by atoms with Crippen molar-refractivity contribution in [2.45, 2.75) is 25.8 Å². The maximum Gasteiger partial charge on any atom is 0.165 e. The average Bonchev–Trinajstić information content (AvgIpc) is 2.78. The summed E-state index contributed by atoms with van der Waals surface area (Å²) in [6.45, 7) is 3.03. The molecule has 0 aliphatic rings. The van der Waals surface area contributed by atoms with E-state index >= 15 is 0 Å². The normalized spacial score (nSPS) is 10.5. The van der Waals surface area contributed by atoms with Gasteiger partial charge in [0.15, 0.2) is 5.75 Å². The maximum absolute atomic E-state index is 5.72. The van der Waals surface area contributed by atoms with Gasteiger partial charge in [0.1, 0.15) is 5.75 Å². The molecule has 0 saturated heterocycles. The van der Waals surface area contributed by atoms with Gasteiger partial charge in [-0.3, -0.25) is 4.68 Å². The van der Waals surface area contributed by atoms with E-state index in [4.69, 9.17) is 16.3 Å². The van der Waals surface area contributed by atoms with Crippen molar-refractivity contribution in [3.63, 3.8) is 0 Å². The molecule has 2 rings (SSSR count). The molecule has 0 fully saturated rings. The molecule has 17 heavy (non-hydrogen) atoms. The van der Waals surface area contributed by atoms with Crippen LogP contribution in [-0.2, 0) is 12.4 Å². The van der Waals surface area contributed by atoms with Crippen LogP contribution in [0.3, 0.4) is 0 Å². The maximum atomic E-state index is 5.72. The molecule has 1 aromatic heterocycles. The van der Waals surface area contributed by atoms with Gasteiger partial charge in [-0.1, -0.05) is 19.1 Å². The Hall–Kier alpha value is -1.48. The van der Waals surface area contributed by atoms with E-state index in [9.17, 15) is 0 Å². The van der Waals surface area contributed by atoms with Crippen molar-refractivity contribution in [2.24, 2.45) is 0 Å². The lowest BCUT2D eigenvalue weighted by molar-refractivity contribution is 0.480. The third-order valence-corrected chi connectivity index (χ3v) is 2.68. The molecule has 2 aromatic rings. The summed E-state index contributed by atoms with van der Waals surface area (Å²) in [5.74, 6) is 2.08. The Balaban J connectivity index is 2.03. The minimum Gasteiger partial charge on any atom is -0.454 e. The van der Waals surface area contributed by atoms with Crippen LogP contribution in [0, 0.1) is 0 Å². The van der Waals surface area contributed by atoms with E-state index in [0.717, 1.165) is 30.0 Å². The van der Waals surface area contributed by atoms with Gasteiger partial charge < -0.3 is 4.74 Å². The number of halogens is 1. The molecule has 0 N–H and O–H groups in total. The van der Waals surface area contributed by atoms with Crippen molar-refractivity contribution in [2.75, 3.05) is 0 Å². The smallest absolute Gasteiger partial charge is 0.165 e. The van der Waals surface area contributed by atoms with Gasteiger partial charge in [0, 0.05) is 12.4 Å². The van der Waals surface area contributed by atoms with E-state index in [2.05, 4.69) is 12.0 Å². The van der Waals surface area contributed by atoms with Crippen LogP contribution in [0.1, 0.15) is 18.9 Å². The van der Waals surface area contributed by atoms with Gasteiger partial charge in [-0.05, 0) is 24.1 Å². The summed E-state index contributed by atoms with van der Waals surface area (Å²) in [6, 6.07) is 7.74. The number of rotatable bonds is 5. The zero-order valence-electron chi connectivity index (χ0n) is 9.77. The van der Waals surface area contributed by atoms with Crippen molar-refractivity contribution in [3.8, 4) is 11.5 Å². The van der Waals surface area contributed by atoms with Crippen molar-refractivity contribution in [1.29, 1.82) is 0 Å². The molecule has 1 aromatic carbocycles. The van der Waals surface area contributed by atoms with Crippen molar-refractivity contribution in [3.05, 3.63) is 42.2 Å². The monoisotopic (exact) mass is 250 g/mol. The summed E-state index contributed by atoms with van der Waals surface area (Å²) in [5, 5.41) is 4.21. The zero-order valence-corrected chi connectivity index (χ0v) is 10.5. The Morgan fingerprint density at radius 2 is 2.00 bits per heavy atom. The summed E-state index contributed by atoms with van der Waals surface area (Å²) in [5.41, 5.74) is 1.08. The lowest BCUT2D eigenvalue weighted by Crippen LogP contribution is -1.95. The summed E-state index contributed by atoms with van der Waals surface area (Å²) >= 11 is 5.72. The summed E-state index contributed by atoms with van der Waals surface area (Å²) in [4.78, 5) is 0. The number of ether oxygens (including phenoxy) is 1. The predicted octanol–water partition coefficient (Wildman–Crippen LogP) is 3.82. The molecule has 0 atom stereocenters. The zero-order chi connectivity index (χ0) is 12.1. The molecule has 0 aliphatic carbocycles. The van der Waals surface area contributed by atoms with Crippen molar-refractivity contribution in [1.82, 2.24) is 9.78 Å². The van der Waals surface area contributed by atoms with E-state index in [1.807, 2.05) is 35.1 Å². The summed E-state index contributed by atoms with van der Waals surface area (Å²) in [7, 11) is 0. The average molecular weight is 251 g/mol. The molecule has 0 spiro atoms. The molecule has 3 nitrogen and oxygen atoms in total. The molecule has 0 bridgehead atoms. The van der Waals surface area contributed by atoms with Crippen LogP contribution in [0.2, 0.25) is 0 Å². The molecule has 4 heteroatoms. The topological polar surface area (TPSA) is 27.1 Å². The standard InChI is InChI=1S/C13H15ClN2O/c1-2-7-16-10-13(9-15-16)17-12-5-3-11(8-14)4-6-12/h3-6,9-10H,2,7-8H2,1H3. The minimum absolute atomic E-state index is 0.523. The molecular formula is C13H15ClN2O.